The molecule has 0 saturated carbocycles. The number of ether oxygens (including phenoxy) is 5. The maximum absolute atomic E-state index is 11.4. The van der Waals surface area contributed by atoms with E-state index in [1.807, 2.05) is 0 Å². The Bertz CT molecular complexity index is 490. The first-order chi connectivity index (χ1) is 11.1. The third-order valence-corrected chi connectivity index (χ3v) is 3.11. The van der Waals surface area contributed by atoms with Gasteiger partial charge in [-0.15, -0.1) is 0 Å². The summed E-state index contributed by atoms with van der Waals surface area (Å²) in [6.07, 6.45) is -4.26. The van der Waals surface area contributed by atoms with E-state index in [0.717, 1.165) is 0 Å². The average Bonchev–Trinajstić information content (AvgIpc) is 2.42. The Morgan fingerprint density at radius 1 is 0.833 bits per heavy atom. The van der Waals surface area contributed by atoms with Crippen LogP contribution in [0.25, 0.3) is 0 Å². The number of hydrogen-bond donors (Lipinski definition) is 1. The van der Waals surface area contributed by atoms with Crippen molar-refractivity contribution >= 4 is 23.9 Å². The van der Waals surface area contributed by atoms with Gasteiger partial charge in [0.2, 0.25) is 0 Å². The summed E-state index contributed by atoms with van der Waals surface area (Å²) < 4.78 is 25.8. The van der Waals surface area contributed by atoms with Crippen molar-refractivity contribution < 1.29 is 48.6 Å². The fourth-order valence-electron chi connectivity index (χ4n) is 2.25. The Morgan fingerprint density at radius 3 is 1.79 bits per heavy atom. The molecule has 1 aliphatic rings. The van der Waals surface area contributed by atoms with Gasteiger partial charge in [-0.3, -0.25) is 19.2 Å². The molecule has 5 atom stereocenters. The summed E-state index contributed by atoms with van der Waals surface area (Å²) in [5.74, 6) is -2.50. The highest BCUT2D eigenvalue weighted by molar-refractivity contribution is 5.68. The highest BCUT2D eigenvalue weighted by atomic mass is 16.7. The third kappa shape index (κ3) is 5.78. The lowest BCUT2D eigenvalue weighted by molar-refractivity contribution is -0.496. The first kappa shape index (κ1) is 19.8. The molecule has 1 saturated heterocycles. The van der Waals surface area contributed by atoms with Crippen molar-refractivity contribution in [2.75, 3.05) is 6.61 Å². The number of esters is 4. The van der Waals surface area contributed by atoms with E-state index >= 15 is 0 Å². The van der Waals surface area contributed by atoms with Gasteiger partial charge in [-0.2, -0.15) is 0 Å². The molecular formula is C14H22NO9+. The van der Waals surface area contributed by atoms with Gasteiger partial charge in [-0.25, -0.2) is 0 Å². The first-order valence-electron chi connectivity index (χ1n) is 7.25. The zero-order valence-electron chi connectivity index (χ0n) is 14.0. The smallest absolute Gasteiger partial charge is 0.305 e. The highest BCUT2D eigenvalue weighted by Crippen LogP contribution is 2.25. The van der Waals surface area contributed by atoms with E-state index in [1.165, 1.54) is 27.7 Å². The quantitative estimate of drug-likeness (QED) is 0.455. The lowest BCUT2D eigenvalue weighted by Crippen LogP contribution is -2.79. The van der Waals surface area contributed by atoms with E-state index < -0.39 is 54.5 Å². The number of carbonyl (C=O) groups excluding carboxylic acids is 4. The van der Waals surface area contributed by atoms with Crippen LogP contribution in [0.2, 0.25) is 0 Å². The van der Waals surface area contributed by atoms with E-state index in [9.17, 15) is 19.2 Å². The van der Waals surface area contributed by atoms with Crippen LogP contribution in [-0.2, 0) is 42.9 Å². The fraction of sp³-hybridized carbons (Fsp3) is 0.714. The van der Waals surface area contributed by atoms with Gasteiger partial charge in [0, 0.05) is 27.7 Å². The maximum Gasteiger partial charge on any atom is 0.305 e. The van der Waals surface area contributed by atoms with Crippen LogP contribution in [0.15, 0.2) is 0 Å². The van der Waals surface area contributed by atoms with Gasteiger partial charge >= 0.3 is 23.9 Å². The number of rotatable bonds is 5. The second-order valence-corrected chi connectivity index (χ2v) is 5.27. The monoisotopic (exact) mass is 348 g/mol. The zero-order chi connectivity index (χ0) is 18.4. The summed E-state index contributed by atoms with van der Waals surface area (Å²) in [7, 11) is 0. The molecule has 10 heteroatoms. The fourth-order valence-corrected chi connectivity index (χ4v) is 2.25. The molecule has 0 unspecified atom stereocenters. The minimum Gasteiger partial charge on any atom is -0.463 e. The lowest BCUT2D eigenvalue weighted by Gasteiger charge is -2.41. The van der Waals surface area contributed by atoms with Gasteiger partial charge in [0.05, 0.1) is 0 Å². The van der Waals surface area contributed by atoms with E-state index in [1.54, 1.807) is 0 Å². The predicted octanol–water partition coefficient (Wildman–Crippen LogP) is -1.69. The summed E-state index contributed by atoms with van der Waals surface area (Å²) in [4.78, 5) is 45.0. The lowest BCUT2D eigenvalue weighted by atomic mass is 9.97. The van der Waals surface area contributed by atoms with E-state index in [-0.39, 0.29) is 6.61 Å². The van der Waals surface area contributed by atoms with E-state index in [4.69, 9.17) is 23.7 Å². The van der Waals surface area contributed by atoms with Crippen molar-refractivity contribution in [3.05, 3.63) is 0 Å². The minimum atomic E-state index is -1.15. The molecule has 0 spiro atoms. The Labute approximate surface area is 138 Å². The van der Waals surface area contributed by atoms with Gasteiger partial charge in [-0.1, -0.05) is 0 Å². The third-order valence-electron chi connectivity index (χ3n) is 3.11. The Morgan fingerprint density at radius 2 is 1.33 bits per heavy atom. The van der Waals surface area contributed by atoms with Gasteiger partial charge < -0.3 is 29.4 Å². The van der Waals surface area contributed by atoms with Crippen LogP contribution >= 0.6 is 0 Å². The van der Waals surface area contributed by atoms with Crippen molar-refractivity contribution in [3.8, 4) is 0 Å². The topological polar surface area (TPSA) is 142 Å². The van der Waals surface area contributed by atoms with Crippen molar-refractivity contribution in [2.45, 2.75) is 58.3 Å². The first-order valence-corrected chi connectivity index (χ1v) is 7.25. The molecule has 0 aromatic carbocycles. The van der Waals surface area contributed by atoms with E-state index in [0.29, 0.717) is 0 Å². The molecule has 1 rings (SSSR count). The molecule has 0 aromatic rings. The molecule has 1 heterocycles. The van der Waals surface area contributed by atoms with Crippen LogP contribution in [0, 0.1) is 0 Å². The normalized spacial score (nSPS) is 29.3. The molecule has 3 N–H and O–H groups in total. The SMILES string of the molecule is CC(=O)OC[C@H]1O[C@H](OC(C)=O)[C@H]([NH3+])[C@@H](OC(C)=O)[C@@H]1OC(C)=O. The van der Waals surface area contributed by atoms with Crippen LogP contribution in [0.3, 0.4) is 0 Å². The van der Waals surface area contributed by atoms with Crippen LogP contribution in [0.5, 0.6) is 0 Å². The van der Waals surface area contributed by atoms with Crippen LogP contribution in [0.1, 0.15) is 27.7 Å². The summed E-state index contributed by atoms with van der Waals surface area (Å²) in [6, 6.07) is -0.851. The van der Waals surface area contributed by atoms with Gasteiger partial charge in [0.15, 0.2) is 18.2 Å². The van der Waals surface area contributed by atoms with Gasteiger partial charge in [-0.05, 0) is 0 Å². The van der Waals surface area contributed by atoms with Crippen LogP contribution in [0.4, 0.5) is 0 Å². The summed E-state index contributed by atoms with van der Waals surface area (Å²) >= 11 is 0. The van der Waals surface area contributed by atoms with Gasteiger partial charge in [0.1, 0.15) is 12.7 Å². The molecule has 136 valence electrons. The molecule has 24 heavy (non-hydrogen) atoms. The molecule has 0 bridgehead atoms. The molecule has 10 nitrogen and oxygen atoms in total. The average molecular weight is 348 g/mol. The molecule has 1 fully saturated rings. The molecule has 0 aliphatic carbocycles. The van der Waals surface area contributed by atoms with Gasteiger partial charge in [0.25, 0.3) is 6.29 Å². The molecule has 0 amide bonds. The largest absolute Gasteiger partial charge is 0.463 e. The second-order valence-electron chi connectivity index (χ2n) is 5.27. The number of carbonyl (C=O) groups is 4. The summed E-state index contributed by atoms with van der Waals surface area (Å²) in [5.41, 5.74) is 3.78. The van der Waals surface area contributed by atoms with Crippen molar-refractivity contribution in [2.24, 2.45) is 0 Å². The molecule has 0 radical (unpaired) electrons. The number of hydrogen-bond acceptors (Lipinski definition) is 9. The van der Waals surface area contributed by atoms with Crippen molar-refractivity contribution in [1.29, 1.82) is 0 Å². The minimum absolute atomic E-state index is 0.282. The van der Waals surface area contributed by atoms with Crippen LogP contribution in [-0.4, -0.2) is 61.1 Å². The molecule has 1 aliphatic heterocycles. The summed E-state index contributed by atoms with van der Waals surface area (Å²) in [6.45, 7) is 4.44. The highest BCUT2D eigenvalue weighted by Gasteiger charge is 2.52. The predicted molar refractivity (Wildman–Crippen MR) is 74.8 cm³/mol. The van der Waals surface area contributed by atoms with Crippen LogP contribution < -0.4 is 5.73 Å². The Kier molecular flexibility index (Phi) is 7.11. The molecular weight excluding hydrogens is 326 g/mol. The Hall–Kier alpha value is -2.20. The van der Waals surface area contributed by atoms with Crippen molar-refractivity contribution in [1.82, 2.24) is 0 Å². The Balaban J connectivity index is 3.08. The standard InChI is InChI=1S/C14H21NO9/c1-6(16)20-5-10-12(21-7(2)17)13(22-8(3)18)11(15)14(24-10)23-9(4)19/h10-14H,5,15H2,1-4H3/p+1/t10-,11-,12-,13-,14+/m1/s1. The molecule has 0 aromatic heterocycles. The number of quaternary nitrogens is 1. The zero-order valence-corrected chi connectivity index (χ0v) is 14.0. The second kappa shape index (κ2) is 8.60. The van der Waals surface area contributed by atoms with E-state index in [2.05, 4.69) is 5.73 Å². The van der Waals surface area contributed by atoms with Crippen molar-refractivity contribution in [3.63, 3.8) is 0 Å². The summed E-state index contributed by atoms with van der Waals surface area (Å²) in [5, 5.41) is 0. The maximum atomic E-state index is 11.4.